The van der Waals surface area contributed by atoms with Crippen molar-refractivity contribution >= 4 is 55.8 Å². The average molecular weight is 409 g/mol. The molecule has 0 saturated carbocycles. The Balaban J connectivity index is 1.89. The van der Waals surface area contributed by atoms with Crippen LogP contribution in [-0.4, -0.2) is 17.7 Å². The SMILES string of the molecule is CC(=O)Nc1cccc(N2C(=O)c3cccc4c(Br)ccc(c34)C2=O)c1. The van der Waals surface area contributed by atoms with Gasteiger partial charge in [-0.1, -0.05) is 34.1 Å². The van der Waals surface area contributed by atoms with Gasteiger partial charge in [0.1, 0.15) is 0 Å². The van der Waals surface area contributed by atoms with Crippen LogP contribution in [0.1, 0.15) is 27.6 Å². The van der Waals surface area contributed by atoms with Crippen molar-refractivity contribution in [1.82, 2.24) is 0 Å². The van der Waals surface area contributed by atoms with Gasteiger partial charge in [-0.2, -0.15) is 0 Å². The first-order valence-electron chi connectivity index (χ1n) is 7.95. The van der Waals surface area contributed by atoms with Crippen molar-refractivity contribution in [2.45, 2.75) is 6.92 Å². The van der Waals surface area contributed by atoms with E-state index in [1.807, 2.05) is 6.07 Å². The van der Waals surface area contributed by atoms with Crippen LogP contribution in [0.15, 0.2) is 59.1 Å². The number of carbonyl (C=O) groups excluding carboxylic acids is 3. The summed E-state index contributed by atoms with van der Waals surface area (Å²) in [4.78, 5) is 38.6. The van der Waals surface area contributed by atoms with Gasteiger partial charge in [-0.25, -0.2) is 4.90 Å². The minimum atomic E-state index is -0.383. The highest BCUT2D eigenvalue weighted by atomic mass is 79.9. The number of nitrogens with zero attached hydrogens (tertiary/aromatic N) is 1. The maximum Gasteiger partial charge on any atom is 0.265 e. The first-order valence-corrected chi connectivity index (χ1v) is 8.74. The third kappa shape index (κ3) is 2.50. The smallest absolute Gasteiger partial charge is 0.265 e. The second-order valence-electron chi connectivity index (χ2n) is 6.00. The van der Waals surface area contributed by atoms with Crippen molar-refractivity contribution in [1.29, 1.82) is 0 Å². The highest BCUT2D eigenvalue weighted by molar-refractivity contribution is 9.10. The Kier molecular flexibility index (Phi) is 3.85. The summed E-state index contributed by atoms with van der Waals surface area (Å²) in [6, 6.07) is 15.6. The molecule has 0 unspecified atom stereocenters. The van der Waals surface area contributed by atoms with E-state index in [1.54, 1.807) is 48.5 Å². The molecule has 4 rings (SSSR count). The van der Waals surface area contributed by atoms with Gasteiger partial charge in [-0.3, -0.25) is 14.4 Å². The molecule has 0 atom stereocenters. The number of nitrogens with one attached hydrogen (secondary N) is 1. The van der Waals surface area contributed by atoms with Crippen molar-refractivity contribution in [3.05, 3.63) is 70.2 Å². The van der Waals surface area contributed by atoms with Crippen LogP contribution in [0.4, 0.5) is 11.4 Å². The highest BCUT2D eigenvalue weighted by Gasteiger charge is 2.34. The Bertz CT molecular complexity index is 1090. The Morgan fingerprint density at radius 1 is 0.962 bits per heavy atom. The molecule has 1 heterocycles. The second kappa shape index (κ2) is 6.07. The van der Waals surface area contributed by atoms with E-state index in [-0.39, 0.29) is 17.7 Å². The third-order valence-corrected chi connectivity index (χ3v) is 4.97. The van der Waals surface area contributed by atoms with Crippen LogP contribution in [0.5, 0.6) is 0 Å². The Morgan fingerprint density at radius 2 is 1.65 bits per heavy atom. The van der Waals surface area contributed by atoms with E-state index < -0.39 is 0 Å². The lowest BCUT2D eigenvalue weighted by molar-refractivity contribution is -0.114. The number of amides is 3. The molecule has 0 fully saturated rings. The van der Waals surface area contributed by atoms with Crippen LogP contribution >= 0.6 is 15.9 Å². The Labute approximate surface area is 157 Å². The number of halogens is 1. The fraction of sp³-hybridized carbons (Fsp3) is 0.0500. The van der Waals surface area contributed by atoms with Crippen molar-refractivity contribution in [2.24, 2.45) is 0 Å². The molecule has 128 valence electrons. The molecule has 3 aromatic carbocycles. The van der Waals surface area contributed by atoms with Crippen LogP contribution in [-0.2, 0) is 4.79 Å². The number of rotatable bonds is 2. The minimum Gasteiger partial charge on any atom is -0.326 e. The summed E-state index contributed by atoms with van der Waals surface area (Å²) in [5, 5.41) is 4.15. The lowest BCUT2D eigenvalue weighted by atomic mass is 9.93. The maximum absolute atomic E-state index is 13.1. The minimum absolute atomic E-state index is 0.224. The first-order chi connectivity index (χ1) is 12.5. The number of hydrogen-bond acceptors (Lipinski definition) is 3. The van der Waals surface area contributed by atoms with Gasteiger partial charge in [0, 0.05) is 33.6 Å². The first kappa shape index (κ1) is 16.5. The molecule has 5 nitrogen and oxygen atoms in total. The zero-order chi connectivity index (χ0) is 18.4. The lowest BCUT2D eigenvalue weighted by Crippen LogP contribution is -2.40. The van der Waals surface area contributed by atoms with Crippen LogP contribution in [0, 0.1) is 0 Å². The molecule has 1 N–H and O–H groups in total. The molecule has 3 amide bonds. The average Bonchev–Trinajstić information content (AvgIpc) is 2.61. The summed E-state index contributed by atoms with van der Waals surface area (Å²) in [6.07, 6.45) is 0. The van der Waals surface area contributed by atoms with Gasteiger partial charge in [0.15, 0.2) is 0 Å². The molecule has 26 heavy (non-hydrogen) atoms. The zero-order valence-electron chi connectivity index (χ0n) is 13.7. The van der Waals surface area contributed by atoms with E-state index in [9.17, 15) is 14.4 Å². The molecule has 0 bridgehead atoms. The van der Waals surface area contributed by atoms with Gasteiger partial charge in [0.05, 0.1) is 5.69 Å². The molecule has 1 aliphatic heterocycles. The number of carbonyl (C=O) groups is 3. The molecule has 0 aromatic heterocycles. The normalized spacial score (nSPS) is 13.2. The molecule has 1 aliphatic rings. The van der Waals surface area contributed by atoms with E-state index in [4.69, 9.17) is 0 Å². The van der Waals surface area contributed by atoms with E-state index in [0.29, 0.717) is 27.9 Å². The summed E-state index contributed by atoms with van der Waals surface area (Å²) in [5.74, 6) is -0.990. The molecular weight excluding hydrogens is 396 g/mol. The molecule has 3 aromatic rings. The number of benzene rings is 3. The number of imide groups is 1. The molecule has 0 spiro atoms. The van der Waals surface area contributed by atoms with Crippen LogP contribution < -0.4 is 10.2 Å². The fourth-order valence-electron chi connectivity index (χ4n) is 3.22. The number of anilines is 2. The lowest BCUT2D eigenvalue weighted by Gasteiger charge is -2.27. The predicted octanol–water partition coefficient (Wildman–Crippen LogP) is 4.36. The molecule has 0 saturated heterocycles. The third-order valence-electron chi connectivity index (χ3n) is 4.28. The van der Waals surface area contributed by atoms with Gasteiger partial charge in [0.25, 0.3) is 11.8 Å². The Hall–Kier alpha value is -2.99. The van der Waals surface area contributed by atoms with E-state index in [1.165, 1.54) is 6.92 Å². The quantitative estimate of drug-likeness (QED) is 0.640. The second-order valence-corrected chi connectivity index (χ2v) is 6.85. The van der Waals surface area contributed by atoms with Gasteiger partial charge in [0.2, 0.25) is 5.91 Å². The van der Waals surface area contributed by atoms with Crippen molar-refractivity contribution in [3.63, 3.8) is 0 Å². The summed E-state index contributed by atoms with van der Waals surface area (Å²) in [6.45, 7) is 1.40. The van der Waals surface area contributed by atoms with Crippen molar-refractivity contribution in [2.75, 3.05) is 10.2 Å². The van der Waals surface area contributed by atoms with Gasteiger partial charge >= 0.3 is 0 Å². The van der Waals surface area contributed by atoms with Gasteiger partial charge < -0.3 is 5.32 Å². The molecule has 0 radical (unpaired) electrons. The van der Waals surface area contributed by atoms with Crippen molar-refractivity contribution in [3.8, 4) is 0 Å². The van der Waals surface area contributed by atoms with Crippen LogP contribution in [0.25, 0.3) is 10.8 Å². The summed E-state index contributed by atoms with van der Waals surface area (Å²) in [5.41, 5.74) is 1.89. The van der Waals surface area contributed by atoms with E-state index >= 15 is 0 Å². The maximum atomic E-state index is 13.1. The Morgan fingerprint density at radius 3 is 2.38 bits per heavy atom. The topological polar surface area (TPSA) is 66.5 Å². The standard InChI is InChI=1S/C20H13BrN2O3/c1-11(24)22-12-4-2-5-13(10-12)23-19(25)15-7-3-6-14-17(21)9-8-16(18(14)15)20(23)26/h2-10H,1H3,(H,22,24). The molecular formula is C20H13BrN2O3. The monoisotopic (exact) mass is 408 g/mol. The largest absolute Gasteiger partial charge is 0.326 e. The van der Waals surface area contributed by atoms with Crippen LogP contribution in [0.3, 0.4) is 0 Å². The summed E-state index contributed by atoms with van der Waals surface area (Å²) >= 11 is 3.47. The van der Waals surface area contributed by atoms with Crippen LogP contribution in [0.2, 0.25) is 0 Å². The van der Waals surface area contributed by atoms with E-state index in [0.717, 1.165) is 14.8 Å². The summed E-state index contributed by atoms with van der Waals surface area (Å²) < 4.78 is 0.833. The van der Waals surface area contributed by atoms with Gasteiger partial charge in [-0.05, 0) is 41.8 Å². The predicted molar refractivity (Wildman–Crippen MR) is 104 cm³/mol. The fourth-order valence-corrected chi connectivity index (χ4v) is 3.68. The zero-order valence-corrected chi connectivity index (χ0v) is 15.3. The van der Waals surface area contributed by atoms with Crippen molar-refractivity contribution < 1.29 is 14.4 Å². The summed E-state index contributed by atoms with van der Waals surface area (Å²) in [7, 11) is 0. The highest BCUT2D eigenvalue weighted by Crippen LogP contribution is 2.36. The molecule has 0 aliphatic carbocycles. The molecule has 6 heteroatoms. The van der Waals surface area contributed by atoms with Gasteiger partial charge in [-0.15, -0.1) is 0 Å². The number of hydrogen-bond donors (Lipinski definition) is 1. The van der Waals surface area contributed by atoms with E-state index in [2.05, 4.69) is 21.2 Å².